The Balaban J connectivity index is 1.53. The molecule has 2 aliphatic carbocycles. The van der Waals surface area contributed by atoms with Gasteiger partial charge in [0.2, 0.25) is 0 Å². The van der Waals surface area contributed by atoms with Crippen LogP contribution in [0, 0.1) is 5.92 Å². The van der Waals surface area contributed by atoms with E-state index in [4.69, 9.17) is 4.52 Å². The lowest BCUT2D eigenvalue weighted by molar-refractivity contribution is -0.00546. The van der Waals surface area contributed by atoms with Gasteiger partial charge < -0.3 is 14.9 Å². The van der Waals surface area contributed by atoms with E-state index in [9.17, 15) is 9.90 Å². The molecule has 20 heavy (non-hydrogen) atoms. The van der Waals surface area contributed by atoms with Gasteiger partial charge in [0.1, 0.15) is 5.76 Å². The Morgan fingerprint density at radius 2 is 2.15 bits per heavy atom. The van der Waals surface area contributed by atoms with Crippen LogP contribution in [0.3, 0.4) is 0 Å². The second-order valence-electron chi connectivity index (χ2n) is 6.48. The lowest BCUT2D eigenvalue weighted by atomic mass is 9.79. The Hall–Kier alpha value is -1.36. The first-order valence-electron chi connectivity index (χ1n) is 7.53. The normalized spacial score (nSPS) is 30.2. The molecular weight excluding hydrogens is 256 g/mol. The highest BCUT2D eigenvalue weighted by Crippen LogP contribution is 2.40. The van der Waals surface area contributed by atoms with Crippen molar-refractivity contribution < 1.29 is 14.4 Å². The van der Waals surface area contributed by atoms with E-state index < -0.39 is 5.60 Å². The summed E-state index contributed by atoms with van der Waals surface area (Å²) in [7, 11) is 0. The topological polar surface area (TPSA) is 75.4 Å². The Labute approximate surface area is 118 Å². The van der Waals surface area contributed by atoms with E-state index in [0.29, 0.717) is 24.1 Å². The molecule has 110 valence electrons. The molecule has 1 aromatic heterocycles. The fourth-order valence-corrected chi connectivity index (χ4v) is 2.77. The third-order valence-corrected chi connectivity index (χ3v) is 4.52. The molecule has 1 aromatic rings. The maximum absolute atomic E-state index is 12.0. The van der Waals surface area contributed by atoms with Gasteiger partial charge in [0, 0.05) is 18.5 Å². The molecule has 1 amide bonds. The number of hydrogen-bond acceptors (Lipinski definition) is 4. The molecule has 0 radical (unpaired) electrons. The summed E-state index contributed by atoms with van der Waals surface area (Å²) < 4.78 is 5.17. The molecule has 2 aliphatic rings. The summed E-state index contributed by atoms with van der Waals surface area (Å²) in [5.41, 5.74) is -0.440. The summed E-state index contributed by atoms with van der Waals surface area (Å²) in [5, 5.41) is 17.0. The van der Waals surface area contributed by atoms with E-state index in [1.54, 1.807) is 6.07 Å². The van der Waals surface area contributed by atoms with Gasteiger partial charge in [0.25, 0.3) is 5.91 Å². The van der Waals surface area contributed by atoms with Crippen LogP contribution in [0.2, 0.25) is 0 Å². The van der Waals surface area contributed by atoms with E-state index in [1.807, 2.05) is 0 Å². The van der Waals surface area contributed by atoms with Crippen LogP contribution in [0.5, 0.6) is 0 Å². The van der Waals surface area contributed by atoms with Crippen LogP contribution in [-0.2, 0) is 0 Å². The van der Waals surface area contributed by atoms with Crippen LogP contribution in [-0.4, -0.2) is 28.3 Å². The van der Waals surface area contributed by atoms with Crippen molar-refractivity contribution in [3.05, 3.63) is 17.5 Å². The smallest absolute Gasteiger partial charge is 0.273 e. The SMILES string of the molecule is CC1CCC(O)(CNC(=O)c2cc(C3CC3)on2)CC1. The van der Waals surface area contributed by atoms with Gasteiger partial charge in [-0.3, -0.25) is 4.79 Å². The van der Waals surface area contributed by atoms with E-state index >= 15 is 0 Å². The number of carbonyl (C=O) groups is 1. The molecule has 0 spiro atoms. The molecule has 2 N–H and O–H groups in total. The Kier molecular flexibility index (Phi) is 3.54. The highest BCUT2D eigenvalue weighted by molar-refractivity contribution is 5.92. The molecule has 5 nitrogen and oxygen atoms in total. The number of carbonyl (C=O) groups excluding carboxylic acids is 1. The minimum atomic E-state index is -0.759. The standard InChI is InChI=1S/C15H22N2O3/c1-10-4-6-15(19,7-5-10)9-16-14(18)12-8-13(20-17-12)11-2-3-11/h8,10-11,19H,2-7,9H2,1H3,(H,16,18). The molecule has 0 unspecified atom stereocenters. The molecular formula is C15H22N2O3. The lowest BCUT2D eigenvalue weighted by Gasteiger charge is -2.34. The van der Waals surface area contributed by atoms with E-state index in [-0.39, 0.29) is 5.91 Å². The summed E-state index contributed by atoms with van der Waals surface area (Å²) in [4.78, 5) is 12.0. The van der Waals surface area contributed by atoms with Crippen LogP contribution in [0.1, 0.15) is 67.6 Å². The average Bonchev–Trinajstić information content (AvgIpc) is 3.18. The summed E-state index contributed by atoms with van der Waals surface area (Å²) in [6.07, 6.45) is 5.77. The second-order valence-corrected chi connectivity index (χ2v) is 6.48. The highest BCUT2D eigenvalue weighted by Gasteiger charge is 2.33. The quantitative estimate of drug-likeness (QED) is 0.885. The first kappa shape index (κ1) is 13.6. The van der Waals surface area contributed by atoms with Gasteiger partial charge in [-0.25, -0.2) is 0 Å². The van der Waals surface area contributed by atoms with Crippen molar-refractivity contribution in [2.75, 3.05) is 6.54 Å². The van der Waals surface area contributed by atoms with Crippen molar-refractivity contribution in [1.82, 2.24) is 10.5 Å². The number of nitrogens with one attached hydrogen (secondary N) is 1. The van der Waals surface area contributed by atoms with Crippen molar-refractivity contribution >= 4 is 5.91 Å². The summed E-state index contributed by atoms with van der Waals surface area (Å²) >= 11 is 0. The Morgan fingerprint density at radius 1 is 1.45 bits per heavy atom. The number of nitrogens with zero attached hydrogens (tertiary/aromatic N) is 1. The van der Waals surface area contributed by atoms with Gasteiger partial charge in [0.05, 0.1) is 5.60 Å². The van der Waals surface area contributed by atoms with Gasteiger partial charge >= 0.3 is 0 Å². The number of aromatic nitrogens is 1. The van der Waals surface area contributed by atoms with Gasteiger partial charge in [-0.15, -0.1) is 0 Å². The number of rotatable bonds is 4. The number of hydrogen-bond donors (Lipinski definition) is 2. The monoisotopic (exact) mass is 278 g/mol. The van der Waals surface area contributed by atoms with E-state index in [0.717, 1.165) is 44.3 Å². The molecule has 0 saturated heterocycles. The van der Waals surface area contributed by atoms with Crippen LogP contribution < -0.4 is 5.32 Å². The van der Waals surface area contributed by atoms with E-state index in [2.05, 4.69) is 17.4 Å². The molecule has 5 heteroatoms. The van der Waals surface area contributed by atoms with E-state index in [1.165, 1.54) is 0 Å². The molecule has 0 aromatic carbocycles. The minimum absolute atomic E-state index is 0.257. The van der Waals surface area contributed by atoms with Crippen molar-refractivity contribution in [2.45, 2.75) is 57.0 Å². The van der Waals surface area contributed by atoms with Crippen molar-refractivity contribution in [3.63, 3.8) is 0 Å². The van der Waals surface area contributed by atoms with Crippen LogP contribution >= 0.6 is 0 Å². The summed E-state index contributed by atoms with van der Waals surface area (Å²) in [6, 6.07) is 1.72. The van der Waals surface area contributed by atoms with Crippen molar-refractivity contribution in [1.29, 1.82) is 0 Å². The van der Waals surface area contributed by atoms with Crippen LogP contribution in [0.4, 0.5) is 0 Å². The van der Waals surface area contributed by atoms with Crippen molar-refractivity contribution in [3.8, 4) is 0 Å². The zero-order valence-corrected chi connectivity index (χ0v) is 11.9. The molecule has 0 aliphatic heterocycles. The maximum atomic E-state index is 12.0. The van der Waals surface area contributed by atoms with Crippen LogP contribution in [0.15, 0.2) is 10.6 Å². The van der Waals surface area contributed by atoms with Gasteiger partial charge in [-0.2, -0.15) is 0 Å². The van der Waals surface area contributed by atoms with Gasteiger partial charge in [-0.05, 0) is 44.4 Å². The van der Waals surface area contributed by atoms with Gasteiger partial charge in [0.15, 0.2) is 5.69 Å². The molecule has 0 bridgehead atoms. The number of aliphatic hydroxyl groups is 1. The number of amides is 1. The molecule has 0 atom stereocenters. The first-order valence-corrected chi connectivity index (χ1v) is 7.53. The summed E-state index contributed by atoms with van der Waals surface area (Å²) in [6.45, 7) is 2.50. The predicted molar refractivity (Wildman–Crippen MR) is 73.4 cm³/mol. The minimum Gasteiger partial charge on any atom is -0.388 e. The second kappa shape index (κ2) is 5.20. The zero-order chi connectivity index (χ0) is 14.2. The fraction of sp³-hybridized carbons (Fsp3) is 0.733. The molecule has 1 heterocycles. The molecule has 2 fully saturated rings. The summed E-state index contributed by atoms with van der Waals surface area (Å²) in [5.74, 6) is 1.67. The Bertz CT molecular complexity index is 485. The molecule has 2 saturated carbocycles. The Morgan fingerprint density at radius 3 is 2.80 bits per heavy atom. The van der Waals surface area contributed by atoms with Gasteiger partial charge in [-0.1, -0.05) is 12.1 Å². The largest absolute Gasteiger partial charge is 0.388 e. The van der Waals surface area contributed by atoms with Crippen molar-refractivity contribution in [2.24, 2.45) is 5.92 Å². The zero-order valence-electron chi connectivity index (χ0n) is 11.9. The maximum Gasteiger partial charge on any atom is 0.273 e. The highest BCUT2D eigenvalue weighted by atomic mass is 16.5. The predicted octanol–water partition coefficient (Wildman–Crippen LogP) is 2.22. The average molecular weight is 278 g/mol. The first-order chi connectivity index (χ1) is 9.56. The van der Waals surface area contributed by atoms with Crippen LogP contribution in [0.25, 0.3) is 0 Å². The fourth-order valence-electron chi connectivity index (χ4n) is 2.77. The third-order valence-electron chi connectivity index (χ3n) is 4.52. The third kappa shape index (κ3) is 3.03. The molecule has 3 rings (SSSR count). The lowest BCUT2D eigenvalue weighted by Crippen LogP contribution is -2.45.